The average Bonchev–Trinajstić information content (AvgIpc) is 3.48. The SMILES string of the molecule is CC/C=C/C=C/C=C/C=C\CCCCCCCC(=O)OC1C(OCC(NC(=O)C(O)CCCCCCCCCCCCCCCCCCCCCCCCCC)C(O)/C=C/CCCCCCCCCCCC)OC(CO)C(O)C1O. The number of aliphatic hydroxyl groups excluding tert-OH is 5. The second kappa shape index (κ2) is 56.8. The molecule has 1 aliphatic rings. The number of hydrogen-bond acceptors (Lipinski definition) is 10. The molecule has 0 bridgehead atoms. The van der Waals surface area contributed by atoms with Gasteiger partial charge in [0.2, 0.25) is 5.91 Å². The molecule has 8 unspecified atom stereocenters. The number of carbonyl (C=O) groups excluding carboxylic acids is 2. The Bertz CT molecular complexity index is 1530. The van der Waals surface area contributed by atoms with E-state index in [-0.39, 0.29) is 13.0 Å². The van der Waals surface area contributed by atoms with Gasteiger partial charge < -0.3 is 45.1 Å². The number of esters is 1. The molecule has 0 aliphatic carbocycles. The summed E-state index contributed by atoms with van der Waals surface area (Å²) in [6.07, 6.45) is 61.3. The maximum atomic E-state index is 13.5. The summed E-state index contributed by atoms with van der Waals surface area (Å²) in [5.74, 6) is -1.21. The van der Waals surface area contributed by atoms with E-state index in [1.54, 1.807) is 6.08 Å². The lowest BCUT2D eigenvalue weighted by Crippen LogP contribution is -2.61. The van der Waals surface area contributed by atoms with Gasteiger partial charge in [-0.3, -0.25) is 9.59 Å². The second-order valence-electron chi connectivity index (χ2n) is 23.3. The van der Waals surface area contributed by atoms with Gasteiger partial charge in [-0.25, -0.2) is 0 Å². The van der Waals surface area contributed by atoms with Crippen molar-refractivity contribution in [1.29, 1.82) is 0 Å². The second-order valence-corrected chi connectivity index (χ2v) is 23.3. The van der Waals surface area contributed by atoms with Crippen molar-refractivity contribution in [1.82, 2.24) is 5.32 Å². The summed E-state index contributed by atoms with van der Waals surface area (Å²) in [5.41, 5.74) is 0. The van der Waals surface area contributed by atoms with Crippen LogP contribution in [-0.4, -0.2) is 99.6 Å². The summed E-state index contributed by atoms with van der Waals surface area (Å²) in [6, 6.07) is -1.03. The van der Waals surface area contributed by atoms with Gasteiger partial charge in [-0.2, -0.15) is 0 Å². The molecule has 1 amide bonds. The number of aliphatic hydroxyl groups is 5. The van der Waals surface area contributed by atoms with E-state index < -0.39 is 67.4 Å². The van der Waals surface area contributed by atoms with Crippen LogP contribution in [0.5, 0.6) is 0 Å². The van der Waals surface area contributed by atoms with Crippen LogP contribution >= 0.6 is 0 Å². The zero-order valence-electron chi connectivity index (χ0n) is 51.7. The molecular weight excluding hydrogens is 1000 g/mol. The lowest BCUT2D eigenvalue weighted by Gasteiger charge is -2.41. The fraction of sp³-hybridized carbons (Fsp3) is 0.826. The normalized spacial score (nSPS) is 19.1. The Hall–Kier alpha value is -2.64. The standard InChI is InChI=1S/C69H125NO10/c1-4-7-10-13-16-19-22-25-27-28-29-30-31-32-33-34-35-37-38-41-44-47-50-53-56-62(73)68(77)70-60(61(72)55-52-49-46-43-40-24-21-18-15-12-9-6-3)59-78-69-67(66(76)65(75)63(58-71)79-69)80-64(74)57-54-51-48-45-42-39-36-26-23-20-17-14-11-8-5-2/h8,11,14,17,20,23,26,36,52,55,60-63,65-67,69,71-73,75-76H,4-7,9-10,12-13,15-16,18-19,21-22,24-25,27-35,37-51,53-54,56-59H2,1-3H3,(H,70,77)/b11-8+,17-14+,23-20+,36-26-,55-52+. The summed E-state index contributed by atoms with van der Waals surface area (Å²) in [7, 11) is 0. The molecule has 1 aliphatic heterocycles. The lowest BCUT2D eigenvalue weighted by molar-refractivity contribution is -0.305. The molecule has 0 aromatic carbocycles. The Balaban J connectivity index is 2.59. The first-order valence-electron chi connectivity index (χ1n) is 33.6. The van der Waals surface area contributed by atoms with E-state index in [1.165, 1.54) is 180 Å². The van der Waals surface area contributed by atoms with Crippen molar-refractivity contribution in [2.45, 2.75) is 352 Å². The smallest absolute Gasteiger partial charge is 0.306 e. The number of nitrogens with one attached hydrogen (secondary N) is 1. The van der Waals surface area contributed by atoms with Gasteiger partial charge in [0.05, 0.1) is 25.4 Å². The van der Waals surface area contributed by atoms with Crippen molar-refractivity contribution < 1.29 is 49.3 Å². The highest BCUT2D eigenvalue weighted by Gasteiger charge is 2.47. The van der Waals surface area contributed by atoms with Gasteiger partial charge in [0.15, 0.2) is 12.4 Å². The number of rotatable bonds is 57. The Morgan fingerprint density at radius 2 is 0.900 bits per heavy atom. The molecule has 6 N–H and O–H groups in total. The molecule has 0 aromatic rings. The Kier molecular flexibility index (Phi) is 53.5. The van der Waals surface area contributed by atoms with Crippen LogP contribution in [0.3, 0.4) is 0 Å². The van der Waals surface area contributed by atoms with Crippen LogP contribution in [0, 0.1) is 0 Å². The molecule has 0 spiro atoms. The van der Waals surface area contributed by atoms with Crippen LogP contribution in [0.15, 0.2) is 60.8 Å². The van der Waals surface area contributed by atoms with E-state index in [0.717, 1.165) is 77.0 Å². The Morgan fingerprint density at radius 1 is 0.500 bits per heavy atom. The molecule has 0 saturated carbocycles. The van der Waals surface area contributed by atoms with Crippen LogP contribution in [-0.2, 0) is 23.8 Å². The van der Waals surface area contributed by atoms with Crippen LogP contribution in [0.1, 0.15) is 303 Å². The van der Waals surface area contributed by atoms with E-state index in [1.807, 2.05) is 36.5 Å². The molecule has 11 heteroatoms. The van der Waals surface area contributed by atoms with Crippen molar-refractivity contribution in [3.05, 3.63) is 60.8 Å². The zero-order valence-corrected chi connectivity index (χ0v) is 51.7. The van der Waals surface area contributed by atoms with E-state index in [0.29, 0.717) is 19.3 Å². The first-order chi connectivity index (χ1) is 39.2. The van der Waals surface area contributed by atoms with Crippen molar-refractivity contribution in [2.24, 2.45) is 0 Å². The summed E-state index contributed by atoms with van der Waals surface area (Å²) in [5, 5.41) is 57.1. The quantitative estimate of drug-likeness (QED) is 0.0149. The highest BCUT2D eigenvalue weighted by Crippen LogP contribution is 2.26. The van der Waals surface area contributed by atoms with Crippen LogP contribution in [0.2, 0.25) is 0 Å². The third-order valence-electron chi connectivity index (χ3n) is 15.8. The molecule has 0 radical (unpaired) electrons. The highest BCUT2D eigenvalue weighted by molar-refractivity contribution is 5.80. The molecule has 8 atom stereocenters. The first kappa shape index (κ1) is 75.4. The van der Waals surface area contributed by atoms with Gasteiger partial charge in [-0.15, -0.1) is 0 Å². The topological polar surface area (TPSA) is 175 Å². The number of unbranched alkanes of at least 4 members (excludes halogenated alkanes) is 38. The molecule has 80 heavy (non-hydrogen) atoms. The van der Waals surface area contributed by atoms with Crippen LogP contribution < -0.4 is 5.32 Å². The largest absolute Gasteiger partial charge is 0.454 e. The van der Waals surface area contributed by atoms with Gasteiger partial charge in [-0.05, 0) is 44.9 Å². The van der Waals surface area contributed by atoms with Gasteiger partial charge in [-0.1, -0.05) is 313 Å². The summed E-state index contributed by atoms with van der Waals surface area (Å²) < 4.78 is 17.6. The molecule has 466 valence electrons. The van der Waals surface area contributed by atoms with Crippen LogP contribution in [0.25, 0.3) is 0 Å². The highest BCUT2D eigenvalue weighted by atomic mass is 16.7. The van der Waals surface area contributed by atoms with Crippen LogP contribution in [0.4, 0.5) is 0 Å². The van der Waals surface area contributed by atoms with Crippen molar-refractivity contribution >= 4 is 11.9 Å². The minimum absolute atomic E-state index is 0.0971. The summed E-state index contributed by atoms with van der Waals surface area (Å²) in [4.78, 5) is 26.6. The molecule has 11 nitrogen and oxygen atoms in total. The van der Waals surface area contributed by atoms with Crippen molar-refractivity contribution in [3.8, 4) is 0 Å². The third kappa shape index (κ3) is 44.0. The fourth-order valence-corrected chi connectivity index (χ4v) is 10.5. The molecule has 0 aromatic heterocycles. The fourth-order valence-electron chi connectivity index (χ4n) is 10.5. The zero-order chi connectivity index (χ0) is 58.2. The first-order valence-corrected chi connectivity index (χ1v) is 33.6. The Morgan fingerprint density at radius 3 is 1.35 bits per heavy atom. The number of amides is 1. The lowest BCUT2D eigenvalue weighted by atomic mass is 9.99. The van der Waals surface area contributed by atoms with E-state index in [4.69, 9.17) is 14.2 Å². The van der Waals surface area contributed by atoms with Gasteiger partial charge >= 0.3 is 5.97 Å². The van der Waals surface area contributed by atoms with Crippen molar-refractivity contribution in [3.63, 3.8) is 0 Å². The van der Waals surface area contributed by atoms with Gasteiger partial charge in [0.25, 0.3) is 0 Å². The minimum Gasteiger partial charge on any atom is -0.454 e. The third-order valence-corrected chi connectivity index (χ3v) is 15.8. The molecular formula is C69H125NO10. The van der Waals surface area contributed by atoms with E-state index in [2.05, 4.69) is 44.3 Å². The molecule has 1 heterocycles. The van der Waals surface area contributed by atoms with E-state index >= 15 is 0 Å². The molecule has 1 rings (SSSR count). The number of hydrogen-bond donors (Lipinski definition) is 6. The van der Waals surface area contributed by atoms with Gasteiger partial charge in [0.1, 0.15) is 24.4 Å². The monoisotopic (exact) mass is 1130 g/mol. The van der Waals surface area contributed by atoms with Crippen molar-refractivity contribution in [2.75, 3.05) is 13.2 Å². The number of allylic oxidation sites excluding steroid dienone is 9. The maximum Gasteiger partial charge on any atom is 0.306 e. The summed E-state index contributed by atoms with van der Waals surface area (Å²) in [6.45, 7) is 5.67. The Labute approximate surface area is 490 Å². The number of ether oxygens (including phenoxy) is 3. The maximum absolute atomic E-state index is 13.5. The van der Waals surface area contributed by atoms with Gasteiger partial charge in [0, 0.05) is 6.42 Å². The average molecular weight is 1130 g/mol. The minimum atomic E-state index is -1.62. The summed E-state index contributed by atoms with van der Waals surface area (Å²) >= 11 is 0. The predicted molar refractivity (Wildman–Crippen MR) is 333 cm³/mol. The molecule has 1 saturated heterocycles. The van der Waals surface area contributed by atoms with E-state index in [9.17, 15) is 35.1 Å². The number of carbonyl (C=O) groups is 2. The predicted octanol–water partition coefficient (Wildman–Crippen LogP) is 16.6. The molecule has 1 fully saturated rings.